The van der Waals surface area contributed by atoms with Gasteiger partial charge < -0.3 is 10.5 Å². The van der Waals surface area contributed by atoms with E-state index in [2.05, 4.69) is 5.10 Å². The smallest absolute Gasteiger partial charge is 0.165 e. The second kappa shape index (κ2) is 6.72. The van der Waals surface area contributed by atoms with Crippen molar-refractivity contribution in [1.29, 1.82) is 0 Å². The van der Waals surface area contributed by atoms with Gasteiger partial charge in [0.15, 0.2) is 11.6 Å². The lowest BCUT2D eigenvalue weighted by molar-refractivity contribution is 0.280. The highest BCUT2D eigenvalue weighted by Gasteiger charge is 2.09. The Morgan fingerprint density at radius 3 is 2.71 bits per heavy atom. The van der Waals surface area contributed by atoms with Crippen molar-refractivity contribution in [3.63, 3.8) is 0 Å². The van der Waals surface area contributed by atoms with E-state index in [9.17, 15) is 4.39 Å². The summed E-state index contributed by atoms with van der Waals surface area (Å²) >= 11 is 0. The van der Waals surface area contributed by atoms with E-state index in [1.807, 2.05) is 33.0 Å². The van der Waals surface area contributed by atoms with Crippen molar-refractivity contribution in [2.75, 3.05) is 0 Å². The summed E-state index contributed by atoms with van der Waals surface area (Å²) in [4.78, 5) is 0. The van der Waals surface area contributed by atoms with Crippen LogP contribution in [0.25, 0.3) is 0 Å². The molecule has 0 radical (unpaired) electrons. The van der Waals surface area contributed by atoms with Crippen LogP contribution in [0.4, 0.5) is 4.39 Å². The second-order valence-electron chi connectivity index (χ2n) is 5.34. The predicted molar refractivity (Wildman–Crippen MR) is 80.7 cm³/mol. The SMILES string of the molecule is CCc1cc(COc2ccc(CC(C)N)cc2F)n(C)n1. The molecule has 0 spiro atoms. The third-order valence-corrected chi connectivity index (χ3v) is 3.32. The molecule has 1 aromatic carbocycles. The number of halogens is 1. The molecule has 0 bridgehead atoms. The van der Waals surface area contributed by atoms with Crippen LogP contribution in [0, 0.1) is 5.82 Å². The van der Waals surface area contributed by atoms with Gasteiger partial charge in [0.1, 0.15) is 6.61 Å². The number of aryl methyl sites for hydroxylation is 2. The maximum Gasteiger partial charge on any atom is 0.165 e. The molecule has 0 saturated carbocycles. The van der Waals surface area contributed by atoms with Gasteiger partial charge in [-0.2, -0.15) is 5.10 Å². The van der Waals surface area contributed by atoms with Crippen LogP contribution in [-0.4, -0.2) is 15.8 Å². The quantitative estimate of drug-likeness (QED) is 0.890. The van der Waals surface area contributed by atoms with E-state index in [4.69, 9.17) is 10.5 Å². The second-order valence-corrected chi connectivity index (χ2v) is 5.34. The van der Waals surface area contributed by atoms with Gasteiger partial charge in [0, 0.05) is 13.1 Å². The number of benzene rings is 1. The Kier molecular flexibility index (Phi) is 4.96. The molecule has 2 rings (SSSR count). The number of aromatic nitrogens is 2. The molecule has 0 aliphatic carbocycles. The van der Waals surface area contributed by atoms with Crippen molar-refractivity contribution in [3.05, 3.63) is 47.0 Å². The zero-order valence-corrected chi connectivity index (χ0v) is 12.8. The first-order valence-electron chi connectivity index (χ1n) is 7.18. The summed E-state index contributed by atoms with van der Waals surface area (Å²) in [5, 5.41) is 4.34. The van der Waals surface area contributed by atoms with Gasteiger partial charge in [0.05, 0.1) is 11.4 Å². The molecule has 1 atom stereocenters. The summed E-state index contributed by atoms with van der Waals surface area (Å²) in [6.45, 7) is 4.24. The maximum absolute atomic E-state index is 14.0. The Balaban J connectivity index is 2.04. The monoisotopic (exact) mass is 291 g/mol. The third kappa shape index (κ3) is 4.04. The van der Waals surface area contributed by atoms with Crippen molar-refractivity contribution >= 4 is 0 Å². The zero-order valence-electron chi connectivity index (χ0n) is 12.8. The Bertz CT molecular complexity index is 608. The van der Waals surface area contributed by atoms with Gasteiger partial charge in [-0.05, 0) is 43.5 Å². The van der Waals surface area contributed by atoms with Crippen LogP contribution in [0.5, 0.6) is 5.75 Å². The van der Waals surface area contributed by atoms with Gasteiger partial charge >= 0.3 is 0 Å². The molecule has 21 heavy (non-hydrogen) atoms. The fourth-order valence-corrected chi connectivity index (χ4v) is 2.19. The highest BCUT2D eigenvalue weighted by molar-refractivity contribution is 5.30. The summed E-state index contributed by atoms with van der Waals surface area (Å²) in [5.41, 5.74) is 8.52. The van der Waals surface area contributed by atoms with Gasteiger partial charge in [-0.1, -0.05) is 13.0 Å². The molecular formula is C16H22FN3O. The van der Waals surface area contributed by atoms with Crippen LogP contribution in [0.2, 0.25) is 0 Å². The van der Waals surface area contributed by atoms with E-state index >= 15 is 0 Å². The molecule has 5 heteroatoms. The Morgan fingerprint density at radius 2 is 2.14 bits per heavy atom. The molecule has 1 aromatic heterocycles. The number of hydrogen-bond acceptors (Lipinski definition) is 3. The average Bonchev–Trinajstić information content (AvgIpc) is 2.78. The minimum Gasteiger partial charge on any atom is -0.484 e. The summed E-state index contributed by atoms with van der Waals surface area (Å²) in [5.74, 6) is -0.103. The van der Waals surface area contributed by atoms with Crippen LogP contribution in [0.1, 0.15) is 30.8 Å². The van der Waals surface area contributed by atoms with Crippen LogP contribution >= 0.6 is 0 Å². The van der Waals surface area contributed by atoms with E-state index in [1.165, 1.54) is 6.07 Å². The molecule has 4 nitrogen and oxygen atoms in total. The summed E-state index contributed by atoms with van der Waals surface area (Å²) < 4.78 is 21.3. The number of hydrogen-bond donors (Lipinski definition) is 1. The van der Waals surface area contributed by atoms with E-state index in [1.54, 1.807) is 10.7 Å². The summed E-state index contributed by atoms with van der Waals surface area (Å²) in [6, 6.07) is 6.98. The molecule has 0 fully saturated rings. The maximum atomic E-state index is 14.0. The van der Waals surface area contributed by atoms with Crippen LogP contribution in [-0.2, 0) is 26.5 Å². The molecule has 2 aromatic rings. The molecule has 0 saturated heterocycles. The van der Waals surface area contributed by atoms with E-state index in [0.29, 0.717) is 13.0 Å². The lowest BCUT2D eigenvalue weighted by Crippen LogP contribution is -2.17. The molecule has 1 heterocycles. The first kappa shape index (κ1) is 15.5. The highest BCUT2D eigenvalue weighted by atomic mass is 19.1. The molecule has 0 aliphatic heterocycles. The summed E-state index contributed by atoms with van der Waals surface area (Å²) in [7, 11) is 1.86. The zero-order chi connectivity index (χ0) is 15.4. The fourth-order valence-electron chi connectivity index (χ4n) is 2.19. The lowest BCUT2D eigenvalue weighted by atomic mass is 10.1. The first-order chi connectivity index (χ1) is 9.99. The van der Waals surface area contributed by atoms with Crippen molar-refractivity contribution < 1.29 is 9.13 Å². The predicted octanol–water partition coefficient (Wildman–Crippen LogP) is 2.59. The highest BCUT2D eigenvalue weighted by Crippen LogP contribution is 2.20. The number of nitrogens with two attached hydrogens (primary N) is 1. The van der Waals surface area contributed by atoms with Crippen LogP contribution in [0.3, 0.4) is 0 Å². The molecular weight excluding hydrogens is 269 g/mol. The van der Waals surface area contributed by atoms with Gasteiger partial charge in [-0.25, -0.2) is 4.39 Å². The molecule has 0 amide bonds. The van der Waals surface area contributed by atoms with Gasteiger partial charge in [-0.15, -0.1) is 0 Å². The molecule has 1 unspecified atom stereocenters. The minimum atomic E-state index is -0.356. The first-order valence-corrected chi connectivity index (χ1v) is 7.18. The minimum absolute atomic E-state index is 0.0121. The third-order valence-electron chi connectivity index (χ3n) is 3.32. The van der Waals surface area contributed by atoms with Crippen molar-refractivity contribution in [2.24, 2.45) is 12.8 Å². The van der Waals surface area contributed by atoms with Crippen molar-refractivity contribution in [1.82, 2.24) is 9.78 Å². The fraction of sp³-hybridized carbons (Fsp3) is 0.438. The van der Waals surface area contributed by atoms with Gasteiger partial charge in [0.25, 0.3) is 0 Å². The molecule has 114 valence electrons. The van der Waals surface area contributed by atoms with Crippen molar-refractivity contribution in [3.8, 4) is 5.75 Å². The normalized spacial score (nSPS) is 12.4. The Labute approximate surface area is 124 Å². The largest absolute Gasteiger partial charge is 0.484 e. The molecule has 0 aliphatic rings. The average molecular weight is 291 g/mol. The number of rotatable bonds is 6. The summed E-state index contributed by atoms with van der Waals surface area (Å²) in [6.07, 6.45) is 1.52. The number of ether oxygens (including phenoxy) is 1. The van der Waals surface area contributed by atoms with Gasteiger partial charge in [-0.3, -0.25) is 4.68 Å². The van der Waals surface area contributed by atoms with Gasteiger partial charge in [0.2, 0.25) is 0 Å². The Hall–Kier alpha value is -1.88. The van der Waals surface area contributed by atoms with Crippen molar-refractivity contribution in [2.45, 2.75) is 39.3 Å². The van der Waals surface area contributed by atoms with E-state index < -0.39 is 0 Å². The topological polar surface area (TPSA) is 53.1 Å². The van der Waals surface area contributed by atoms with Crippen LogP contribution < -0.4 is 10.5 Å². The number of nitrogens with zero attached hydrogens (tertiary/aromatic N) is 2. The molecule has 2 N–H and O–H groups in total. The van der Waals surface area contributed by atoms with E-state index in [-0.39, 0.29) is 17.6 Å². The lowest BCUT2D eigenvalue weighted by Gasteiger charge is -2.10. The standard InChI is InChI=1S/C16H22FN3O/c1-4-13-9-14(20(3)19-13)10-21-16-6-5-12(7-11(2)18)8-15(16)17/h5-6,8-9,11H,4,7,10,18H2,1-3H3. The van der Waals surface area contributed by atoms with E-state index in [0.717, 1.165) is 23.4 Å². The van der Waals surface area contributed by atoms with Crippen LogP contribution in [0.15, 0.2) is 24.3 Å². The Morgan fingerprint density at radius 1 is 1.38 bits per heavy atom.